The van der Waals surface area contributed by atoms with Crippen molar-refractivity contribution in [2.75, 3.05) is 32.2 Å². The second-order valence-electron chi connectivity index (χ2n) is 6.73. The molecule has 4 heteroatoms. The van der Waals surface area contributed by atoms with Gasteiger partial charge in [0.05, 0.1) is 19.9 Å². The van der Waals surface area contributed by atoms with Crippen molar-refractivity contribution in [3.8, 4) is 11.5 Å². The van der Waals surface area contributed by atoms with E-state index in [1.165, 1.54) is 11.1 Å². The first-order valence-corrected chi connectivity index (χ1v) is 8.96. The number of piperidine rings is 1. The van der Waals surface area contributed by atoms with Crippen LogP contribution >= 0.6 is 0 Å². The van der Waals surface area contributed by atoms with Crippen LogP contribution in [0.5, 0.6) is 11.5 Å². The summed E-state index contributed by atoms with van der Waals surface area (Å²) < 4.78 is 11.0. The minimum absolute atomic E-state index is 0.139. The predicted octanol–water partition coefficient (Wildman–Crippen LogP) is 3.59. The van der Waals surface area contributed by atoms with Gasteiger partial charge in [-0.3, -0.25) is 0 Å². The number of nitrogens with two attached hydrogens (primary N) is 1. The maximum Gasteiger partial charge on any atom is 0.142 e. The Morgan fingerprint density at radius 2 is 1.80 bits per heavy atom. The molecule has 0 spiro atoms. The molecule has 0 aromatic heterocycles. The second-order valence-corrected chi connectivity index (χ2v) is 6.73. The lowest BCUT2D eigenvalue weighted by molar-refractivity contribution is 0.397. The molecular formula is C21H28N2O2. The van der Waals surface area contributed by atoms with E-state index in [2.05, 4.69) is 36.1 Å². The first kappa shape index (κ1) is 17.6. The lowest BCUT2D eigenvalue weighted by atomic mass is 9.87. The molecule has 25 heavy (non-hydrogen) atoms. The van der Waals surface area contributed by atoms with E-state index < -0.39 is 0 Å². The maximum atomic E-state index is 6.39. The molecule has 1 heterocycles. The van der Waals surface area contributed by atoms with Crippen LogP contribution in [-0.2, 0) is 6.42 Å². The number of benzene rings is 2. The third kappa shape index (κ3) is 3.90. The summed E-state index contributed by atoms with van der Waals surface area (Å²) in [6, 6.07) is 15.0. The Labute approximate surface area is 150 Å². The minimum atomic E-state index is 0.139. The molecule has 0 amide bonds. The molecule has 0 saturated carbocycles. The van der Waals surface area contributed by atoms with Gasteiger partial charge in [0, 0.05) is 31.1 Å². The van der Waals surface area contributed by atoms with E-state index in [0.29, 0.717) is 5.92 Å². The maximum absolute atomic E-state index is 6.39. The van der Waals surface area contributed by atoms with Crippen molar-refractivity contribution in [1.29, 1.82) is 0 Å². The first-order valence-electron chi connectivity index (χ1n) is 8.96. The molecule has 1 aliphatic rings. The number of nitrogens with zero attached hydrogens (tertiary/aromatic N) is 1. The van der Waals surface area contributed by atoms with Gasteiger partial charge in [-0.25, -0.2) is 0 Å². The SMILES string of the molecule is CCc1ccc(C2CC(N)CN(c3cc(OC)ccc3OC)C2)cc1. The molecule has 2 aromatic rings. The first-order chi connectivity index (χ1) is 12.1. The number of ether oxygens (including phenoxy) is 2. The van der Waals surface area contributed by atoms with Gasteiger partial charge in [0.2, 0.25) is 0 Å². The number of aryl methyl sites for hydroxylation is 1. The average Bonchev–Trinajstić information content (AvgIpc) is 2.67. The van der Waals surface area contributed by atoms with Crippen LogP contribution in [0.15, 0.2) is 42.5 Å². The van der Waals surface area contributed by atoms with E-state index in [1.54, 1.807) is 14.2 Å². The van der Waals surface area contributed by atoms with Crippen LogP contribution in [-0.4, -0.2) is 33.4 Å². The molecule has 4 nitrogen and oxygen atoms in total. The fraction of sp³-hybridized carbons (Fsp3) is 0.429. The summed E-state index contributed by atoms with van der Waals surface area (Å²) in [6.45, 7) is 3.94. The second kappa shape index (κ2) is 7.79. The molecule has 0 radical (unpaired) electrons. The highest BCUT2D eigenvalue weighted by atomic mass is 16.5. The molecule has 2 aromatic carbocycles. The number of methoxy groups -OCH3 is 2. The summed E-state index contributed by atoms with van der Waals surface area (Å²) in [5, 5.41) is 0. The summed E-state index contributed by atoms with van der Waals surface area (Å²) in [4.78, 5) is 2.33. The van der Waals surface area contributed by atoms with Gasteiger partial charge in [0.25, 0.3) is 0 Å². The summed E-state index contributed by atoms with van der Waals surface area (Å²) in [7, 11) is 3.39. The molecular weight excluding hydrogens is 312 g/mol. The molecule has 0 aliphatic carbocycles. The number of anilines is 1. The van der Waals surface area contributed by atoms with Gasteiger partial charge >= 0.3 is 0 Å². The molecule has 2 atom stereocenters. The summed E-state index contributed by atoms with van der Waals surface area (Å²) in [6.07, 6.45) is 2.08. The van der Waals surface area contributed by atoms with Crippen LogP contribution in [0.25, 0.3) is 0 Å². The highest BCUT2D eigenvalue weighted by molar-refractivity contribution is 5.62. The van der Waals surface area contributed by atoms with Gasteiger partial charge in [0.1, 0.15) is 11.5 Å². The quantitative estimate of drug-likeness (QED) is 0.904. The van der Waals surface area contributed by atoms with E-state index in [0.717, 1.165) is 43.1 Å². The lowest BCUT2D eigenvalue weighted by Gasteiger charge is -2.38. The zero-order valence-electron chi connectivity index (χ0n) is 15.4. The molecule has 0 bridgehead atoms. The van der Waals surface area contributed by atoms with E-state index >= 15 is 0 Å². The van der Waals surface area contributed by atoms with Gasteiger partial charge in [-0.05, 0) is 36.1 Å². The largest absolute Gasteiger partial charge is 0.497 e. The Hall–Kier alpha value is -2.20. The summed E-state index contributed by atoms with van der Waals surface area (Å²) >= 11 is 0. The Bertz CT molecular complexity index is 700. The number of hydrogen-bond acceptors (Lipinski definition) is 4. The van der Waals surface area contributed by atoms with E-state index in [9.17, 15) is 0 Å². The van der Waals surface area contributed by atoms with E-state index in [4.69, 9.17) is 15.2 Å². The van der Waals surface area contributed by atoms with Crippen molar-refractivity contribution in [2.24, 2.45) is 5.73 Å². The van der Waals surface area contributed by atoms with Crippen molar-refractivity contribution in [3.05, 3.63) is 53.6 Å². The van der Waals surface area contributed by atoms with E-state index in [1.807, 2.05) is 18.2 Å². The molecule has 2 unspecified atom stereocenters. The van der Waals surface area contributed by atoms with Gasteiger partial charge < -0.3 is 20.1 Å². The Balaban J connectivity index is 1.87. The van der Waals surface area contributed by atoms with Crippen LogP contribution < -0.4 is 20.1 Å². The van der Waals surface area contributed by atoms with Crippen molar-refractivity contribution in [1.82, 2.24) is 0 Å². The molecule has 134 valence electrons. The fourth-order valence-corrected chi connectivity index (χ4v) is 3.65. The highest BCUT2D eigenvalue weighted by Gasteiger charge is 2.28. The molecule has 1 aliphatic heterocycles. The Morgan fingerprint density at radius 3 is 2.44 bits per heavy atom. The summed E-state index contributed by atoms with van der Waals surface area (Å²) in [5.74, 6) is 2.11. The van der Waals surface area contributed by atoms with Crippen LogP contribution in [0.4, 0.5) is 5.69 Å². The van der Waals surface area contributed by atoms with Crippen LogP contribution in [0, 0.1) is 0 Å². The molecule has 1 fully saturated rings. The van der Waals surface area contributed by atoms with Crippen LogP contribution in [0.3, 0.4) is 0 Å². The van der Waals surface area contributed by atoms with Crippen molar-refractivity contribution < 1.29 is 9.47 Å². The third-order valence-corrected chi connectivity index (χ3v) is 5.07. The molecule has 2 N–H and O–H groups in total. The van der Waals surface area contributed by atoms with Gasteiger partial charge in [0.15, 0.2) is 0 Å². The lowest BCUT2D eigenvalue weighted by Crippen LogP contribution is -2.46. The topological polar surface area (TPSA) is 47.7 Å². The minimum Gasteiger partial charge on any atom is -0.497 e. The van der Waals surface area contributed by atoms with Crippen LogP contribution in [0.2, 0.25) is 0 Å². The average molecular weight is 340 g/mol. The van der Waals surface area contributed by atoms with Gasteiger partial charge in [-0.1, -0.05) is 31.2 Å². The summed E-state index contributed by atoms with van der Waals surface area (Å²) in [5.41, 5.74) is 10.2. The van der Waals surface area contributed by atoms with Gasteiger partial charge in [-0.2, -0.15) is 0 Å². The zero-order valence-corrected chi connectivity index (χ0v) is 15.4. The molecule has 1 saturated heterocycles. The smallest absolute Gasteiger partial charge is 0.142 e. The fourth-order valence-electron chi connectivity index (χ4n) is 3.65. The Kier molecular flexibility index (Phi) is 5.49. The number of rotatable bonds is 5. The van der Waals surface area contributed by atoms with Gasteiger partial charge in [-0.15, -0.1) is 0 Å². The van der Waals surface area contributed by atoms with Crippen molar-refractivity contribution in [3.63, 3.8) is 0 Å². The number of hydrogen-bond donors (Lipinski definition) is 1. The van der Waals surface area contributed by atoms with E-state index in [-0.39, 0.29) is 6.04 Å². The zero-order chi connectivity index (χ0) is 17.8. The standard InChI is InChI=1S/C21H28N2O2/c1-4-15-5-7-16(8-6-15)17-11-18(22)14-23(13-17)20-12-19(24-2)9-10-21(20)25-3/h5-10,12,17-18H,4,11,13-14,22H2,1-3H3. The van der Waals surface area contributed by atoms with Crippen molar-refractivity contribution >= 4 is 5.69 Å². The third-order valence-electron chi connectivity index (χ3n) is 5.07. The van der Waals surface area contributed by atoms with Crippen molar-refractivity contribution in [2.45, 2.75) is 31.7 Å². The predicted molar refractivity (Wildman–Crippen MR) is 103 cm³/mol. The van der Waals surface area contributed by atoms with Crippen LogP contribution in [0.1, 0.15) is 30.4 Å². The molecule has 3 rings (SSSR count). The highest BCUT2D eigenvalue weighted by Crippen LogP contribution is 2.36. The monoisotopic (exact) mass is 340 g/mol. The Morgan fingerprint density at radius 1 is 1.04 bits per heavy atom. The normalized spacial score (nSPS) is 20.4.